The molecule has 1 heterocycles. The Kier molecular flexibility index (Phi) is 5.62. The summed E-state index contributed by atoms with van der Waals surface area (Å²) < 4.78 is 38.6. The Bertz CT molecular complexity index is 434. The Morgan fingerprint density at radius 3 is 2.45 bits per heavy atom. The van der Waals surface area contributed by atoms with Crippen LogP contribution in [0.25, 0.3) is 0 Å². The number of alkyl halides is 3. The quantitative estimate of drug-likeness (QED) is 0.623. The third-order valence-electron chi connectivity index (χ3n) is 3.22. The van der Waals surface area contributed by atoms with Crippen LogP contribution in [0.15, 0.2) is 12.1 Å². The maximum Gasteiger partial charge on any atom is 0.416 e. The number of halogens is 3. The number of nitrogens with zero attached hydrogens (tertiary/aromatic N) is 2. The first-order chi connectivity index (χ1) is 9.31. The lowest BCUT2D eigenvalue weighted by molar-refractivity contribution is -0.137. The number of anilines is 2. The van der Waals surface area contributed by atoms with E-state index in [9.17, 15) is 13.2 Å². The molecule has 0 radical (unpaired) electrons. The smallest absolute Gasteiger partial charge is 0.357 e. The van der Waals surface area contributed by atoms with E-state index in [2.05, 4.69) is 17.3 Å². The third-order valence-corrected chi connectivity index (χ3v) is 3.22. The summed E-state index contributed by atoms with van der Waals surface area (Å²) in [6.45, 7) is 7.23. The predicted molar refractivity (Wildman–Crippen MR) is 74.4 cm³/mol. The van der Waals surface area contributed by atoms with Gasteiger partial charge in [-0.2, -0.15) is 13.2 Å². The number of aromatic nitrogens is 1. The summed E-state index contributed by atoms with van der Waals surface area (Å²) in [5.74, 6) is 5.88. The zero-order valence-electron chi connectivity index (χ0n) is 12.0. The SMILES string of the molecule is CCC(C)CN(CC)c1cc(C(F)(F)F)cc(NN)n1. The summed E-state index contributed by atoms with van der Waals surface area (Å²) in [5.41, 5.74) is 1.44. The van der Waals surface area contributed by atoms with Crippen molar-refractivity contribution in [1.82, 2.24) is 4.98 Å². The van der Waals surface area contributed by atoms with Crippen LogP contribution in [0, 0.1) is 5.92 Å². The Labute approximate surface area is 117 Å². The summed E-state index contributed by atoms with van der Waals surface area (Å²) in [5, 5.41) is 0. The van der Waals surface area contributed by atoms with Crippen LogP contribution in [0.1, 0.15) is 32.8 Å². The van der Waals surface area contributed by atoms with E-state index in [1.165, 1.54) is 0 Å². The fraction of sp³-hybridized carbons (Fsp3) is 0.615. The van der Waals surface area contributed by atoms with Gasteiger partial charge in [-0.25, -0.2) is 10.8 Å². The Hall–Kier alpha value is -1.50. The molecule has 0 fully saturated rings. The molecule has 0 saturated heterocycles. The van der Waals surface area contributed by atoms with Gasteiger partial charge in [0.15, 0.2) is 0 Å². The van der Waals surface area contributed by atoms with Gasteiger partial charge in [-0.05, 0) is 25.0 Å². The lowest BCUT2D eigenvalue weighted by Crippen LogP contribution is -2.29. The lowest BCUT2D eigenvalue weighted by atomic mass is 10.1. The minimum atomic E-state index is -4.42. The molecule has 0 amide bonds. The molecule has 0 aliphatic carbocycles. The second kappa shape index (κ2) is 6.78. The van der Waals surface area contributed by atoms with E-state index in [0.717, 1.165) is 18.6 Å². The van der Waals surface area contributed by atoms with Crippen molar-refractivity contribution in [2.75, 3.05) is 23.4 Å². The zero-order chi connectivity index (χ0) is 15.3. The highest BCUT2D eigenvalue weighted by atomic mass is 19.4. The molecule has 7 heteroatoms. The van der Waals surface area contributed by atoms with Gasteiger partial charge in [0.2, 0.25) is 0 Å². The van der Waals surface area contributed by atoms with E-state index in [1.54, 1.807) is 0 Å². The van der Waals surface area contributed by atoms with Gasteiger partial charge in [-0.15, -0.1) is 0 Å². The van der Waals surface area contributed by atoms with E-state index in [0.29, 0.717) is 19.0 Å². The Morgan fingerprint density at radius 2 is 2.00 bits per heavy atom. The van der Waals surface area contributed by atoms with Crippen molar-refractivity contribution >= 4 is 11.6 Å². The number of hydrogen-bond donors (Lipinski definition) is 2. The summed E-state index contributed by atoms with van der Waals surface area (Å²) in [6.07, 6.45) is -3.46. The number of rotatable bonds is 6. The van der Waals surface area contributed by atoms with E-state index >= 15 is 0 Å². The van der Waals surface area contributed by atoms with Gasteiger partial charge in [-0.1, -0.05) is 20.3 Å². The Morgan fingerprint density at radius 1 is 1.35 bits per heavy atom. The van der Waals surface area contributed by atoms with Crippen LogP contribution < -0.4 is 16.2 Å². The molecule has 0 bridgehead atoms. The maximum absolute atomic E-state index is 12.9. The molecule has 114 valence electrons. The van der Waals surface area contributed by atoms with Crippen LogP contribution in [0.3, 0.4) is 0 Å². The number of hydrogen-bond acceptors (Lipinski definition) is 4. The molecule has 0 saturated carbocycles. The summed E-state index contributed by atoms with van der Waals surface area (Å²) >= 11 is 0. The fourth-order valence-corrected chi connectivity index (χ4v) is 1.81. The van der Waals surface area contributed by atoms with Crippen molar-refractivity contribution in [2.24, 2.45) is 11.8 Å². The highest BCUT2D eigenvalue weighted by molar-refractivity contribution is 5.50. The van der Waals surface area contributed by atoms with Crippen molar-refractivity contribution in [3.8, 4) is 0 Å². The van der Waals surface area contributed by atoms with E-state index < -0.39 is 11.7 Å². The van der Waals surface area contributed by atoms with Crippen LogP contribution in [-0.2, 0) is 6.18 Å². The summed E-state index contributed by atoms with van der Waals surface area (Å²) in [6, 6.07) is 1.97. The van der Waals surface area contributed by atoms with Gasteiger partial charge < -0.3 is 10.3 Å². The summed E-state index contributed by atoms with van der Waals surface area (Å²) in [4.78, 5) is 5.94. The largest absolute Gasteiger partial charge is 0.416 e. The van der Waals surface area contributed by atoms with Crippen molar-refractivity contribution in [3.63, 3.8) is 0 Å². The maximum atomic E-state index is 12.9. The van der Waals surface area contributed by atoms with E-state index in [-0.39, 0.29) is 11.6 Å². The van der Waals surface area contributed by atoms with Gasteiger partial charge in [0.1, 0.15) is 11.6 Å². The minimum Gasteiger partial charge on any atom is -0.357 e. The van der Waals surface area contributed by atoms with Crippen molar-refractivity contribution in [1.29, 1.82) is 0 Å². The number of hydrazine groups is 1. The molecule has 0 aliphatic heterocycles. The fourth-order valence-electron chi connectivity index (χ4n) is 1.81. The molecular weight excluding hydrogens is 269 g/mol. The summed E-state index contributed by atoms with van der Waals surface area (Å²) in [7, 11) is 0. The molecule has 1 rings (SSSR count). The first-order valence-electron chi connectivity index (χ1n) is 6.62. The van der Waals surface area contributed by atoms with Crippen LogP contribution in [0.4, 0.5) is 24.8 Å². The lowest BCUT2D eigenvalue weighted by Gasteiger charge is -2.26. The molecular formula is C13H21F3N4. The van der Waals surface area contributed by atoms with Gasteiger partial charge in [0, 0.05) is 13.1 Å². The molecule has 20 heavy (non-hydrogen) atoms. The van der Waals surface area contributed by atoms with Crippen LogP contribution in [0.2, 0.25) is 0 Å². The topological polar surface area (TPSA) is 54.2 Å². The standard InChI is InChI=1S/C13H21F3N4/c1-4-9(3)8-20(5-2)12-7-10(13(14,15)16)6-11(18-12)19-17/h6-7,9H,4-5,8,17H2,1-3H3,(H,18,19). The molecule has 1 unspecified atom stereocenters. The zero-order valence-corrected chi connectivity index (χ0v) is 12.0. The second-order valence-corrected chi connectivity index (χ2v) is 4.79. The normalized spacial score (nSPS) is 13.2. The second-order valence-electron chi connectivity index (χ2n) is 4.79. The molecule has 3 N–H and O–H groups in total. The average molecular weight is 290 g/mol. The van der Waals surface area contributed by atoms with Gasteiger partial charge in [0.25, 0.3) is 0 Å². The minimum absolute atomic E-state index is 0.0115. The predicted octanol–water partition coefficient (Wildman–Crippen LogP) is 3.26. The highest BCUT2D eigenvalue weighted by Crippen LogP contribution is 2.32. The molecule has 0 aromatic carbocycles. The molecule has 0 spiro atoms. The van der Waals surface area contributed by atoms with Crippen LogP contribution in [0.5, 0.6) is 0 Å². The number of pyridine rings is 1. The molecule has 1 atom stereocenters. The molecule has 0 aliphatic rings. The Balaban J connectivity index is 3.14. The monoisotopic (exact) mass is 290 g/mol. The number of nitrogens with one attached hydrogen (secondary N) is 1. The molecule has 1 aromatic rings. The molecule has 1 aromatic heterocycles. The third kappa shape index (κ3) is 4.26. The first-order valence-corrected chi connectivity index (χ1v) is 6.62. The van der Waals surface area contributed by atoms with Crippen LogP contribution >= 0.6 is 0 Å². The first kappa shape index (κ1) is 16.6. The van der Waals surface area contributed by atoms with E-state index in [1.807, 2.05) is 18.7 Å². The van der Waals surface area contributed by atoms with Crippen LogP contribution in [-0.4, -0.2) is 18.1 Å². The average Bonchev–Trinajstić information content (AvgIpc) is 2.42. The number of nitrogens with two attached hydrogens (primary N) is 1. The van der Waals surface area contributed by atoms with Gasteiger partial charge >= 0.3 is 6.18 Å². The van der Waals surface area contributed by atoms with Gasteiger partial charge in [-0.3, -0.25) is 0 Å². The van der Waals surface area contributed by atoms with Gasteiger partial charge in [0.05, 0.1) is 5.56 Å². The molecule has 4 nitrogen and oxygen atoms in total. The van der Waals surface area contributed by atoms with Crippen molar-refractivity contribution < 1.29 is 13.2 Å². The number of nitrogen functional groups attached to an aromatic ring is 1. The van der Waals surface area contributed by atoms with Crippen molar-refractivity contribution in [2.45, 2.75) is 33.4 Å². The van der Waals surface area contributed by atoms with Crippen molar-refractivity contribution in [3.05, 3.63) is 17.7 Å². The van der Waals surface area contributed by atoms with E-state index in [4.69, 9.17) is 5.84 Å². The highest BCUT2D eigenvalue weighted by Gasteiger charge is 2.32.